The Bertz CT molecular complexity index is 1790. The lowest BCUT2D eigenvalue weighted by Gasteiger charge is -2.32. The third-order valence-corrected chi connectivity index (χ3v) is 8.46. The SMILES string of the molecule is Cc1cc2ncn(Cc3cn(C(C(=O)N(C)Cc4cc(C)c(OCc5ccccc5Cl)c(C)c4)C(C)(C)C)nn3)c2cc1C. The van der Waals surface area contributed by atoms with Crippen LogP contribution in [0.3, 0.4) is 0 Å². The number of hydrogen-bond donors (Lipinski definition) is 0. The first-order valence-corrected chi connectivity index (χ1v) is 15.2. The molecule has 0 radical (unpaired) electrons. The average Bonchev–Trinajstić information content (AvgIpc) is 3.55. The third-order valence-electron chi connectivity index (χ3n) is 8.09. The van der Waals surface area contributed by atoms with E-state index >= 15 is 0 Å². The normalized spacial score (nSPS) is 12.5. The predicted molar refractivity (Wildman–Crippen MR) is 175 cm³/mol. The summed E-state index contributed by atoms with van der Waals surface area (Å²) >= 11 is 6.32. The Morgan fingerprint density at radius 2 is 1.68 bits per heavy atom. The van der Waals surface area contributed by atoms with Gasteiger partial charge in [-0.2, -0.15) is 0 Å². The van der Waals surface area contributed by atoms with Crippen molar-refractivity contribution in [2.24, 2.45) is 5.41 Å². The number of carbonyl (C=O) groups excluding carboxylic acids is 1. The number of likely N-dealkylation sites (N-methyl/N-ethyl adjacent to an activating group) is 1. The fourth-order valence-electron chi connectivity index (χ4n) is 5.69. The van der Waals surface area contributed by atoms with Crippen molar-refractivity contribution in [1.82, 2.24) is 29.4 Å². The molecule has 8 nitrogen and oxygen atoms in total. The van der Waals surface area contributed by atoms with Crippen LogP contribution in [0.2, 0.25) is 5.02 Å². The average molecular weight is 613 g/mol. The molecule has 0 saturated heterocycles. The maximum absolute atomic E-state index is 14.0. The molecule has 230 valence electrons. The molecule has 0 N–H and O–H groups in total. The van der Waals surface area contributed by atoms with Crippen LogP contribution in [0.1, 0.15) is 65.9 Å². The first-order valence-electron chi connectivity index (χ1n) is 14.9. The van der Waals surface area contributed by atoms with E-state index in [-0.39, 0.29) is 5.91 Å². The van der Waals surface area contributed by atoms with Gasteiger partial charge in [-0.1, -0.05) is 67.9 Å². The number of imidazole rings is 1. The number of nitrogens with zero attached hydrogens (tertiary/aromatic N) is 6. The van der Waals surface area contributed by atoms with Crippen molar-refractivity contribution in [3.05, 3.63) is 105 Å². The largest absolute Gasteiger partial charge is 0.488 e. The van der Waals surface area contributed by atoms with Crippen molar-refractivity contribution < 1.29 is 9.53 Å². The van der Waals surface area contributed by atoms with Crippen molar-refractivity contribution in [2.75, 3.05) is 7.05 Å². The second kappa shape index (κ2) is 12.4. The van der Waals surface area contributed by atoms with Gasteiger partial charge in [0.25, 0.3) is 0 Å². The zero-order valence-corrected chi connectivity index (χ0v) is 27.6. The molecule has 0 aliphatic carbocycles. The van der Waals surface area contributed by atoms with E-state index in [9.17, 15) is 4.79 Å². The molecule has 1 atom stereocenters. The van der Waals surface area contributed by atoms with Crippen LogP contribution < -0.4 is 4.74 Å². The van der Waals surface area contributed by atoms with Gasteiger partial charge in [-0.05, 0) is 79.1 Å². The second-order valence-corrected chi connectivity index (χ2v) is 13.3. The fraction of sp³-hybridized carbons (Fsp3) is 0.371. The summed E-state index contributed by atoms with van der Waals surface area (Å²) in [5.41, 5.74) is 8.81. The maximum atomic E-state index is 14.0. The van der Waals surface area contributed by atoms with Crippen molar-refractivity contribution in [3.63, 3.8) is 0 Å². The van der Waals surface area contributed by atoms with E-state index in [0.717, 1.165) is 44.7 Å². The number of rotatable bonds is 9. The molecule has 44 heavy (non-hydrogen) atoms. The highest BCUT2D eigenvalue weighted by atomic mass is 35.5. The molecular weight excluding hydrogens is 572 g/mol. The highest BCUT2D eigenvalue weighted by molar-refractivity contribution is 6.31. The van der Waals surface area contributed by atoms with Gasteiger partial charge >= 0.3 is 0 Å². The van der Waals surface area contributed by atoms with Crippen LogP contribution in [0.4, 0.5) is 0 Å². The lowest BCUT2D eigenvalue weighted by Crippen LogP contribution is -2.40. The number of fused-ring (bicyclic) bond motifs is 1. The molecule has 0 saturated carbocycles. The topological polar surface area (TPSA) is 78.1 Å². The molecule has 3 aromatic carbocycles. The van der Waals surface area contributed by atoms with E-state index in [2.05, 4.69) is 78.7 Å². The van der Waals surface area contributed by atoms with Crippen molar-refractivity contribution in [3.8, 4) is 5.75 Å². The van der Waals surface area contributed by atoms with Crippen molar-refractivity contribution >= 4 is 28.5 Å². The number of aryl methyl sites for hydroxylation is 4. The Balaban J connectivity index is 1.31. The Morgan fingerprint density at radius 3 is 2.36 bits per heavy atom. The van der Waals surface area contributed by atoms with E-state index in [1.807, 2.05) is 57.7 Å². The second-order valence-electron chi connectivity index (χ2n) is 12.9. The summed E-state index contributed by atoms with van der Waals surface area (Å²) < 4.78 is 9.95. The van der Waals surface area contributed by atoms with Crippen LogP contribution in [0, 0.1) is 33.1 Å². The van der Waals surface area contributed by atoms with Gasteiger partial charge in [0.15, 0.2) is 0 Å². The minimum Gasteiger partial charge on any atom is -0.488 e. The minimum atomic E-state index is -0.529. The number of halogens is 1. The molecule has 0 spiro atoms. The number of hydrogen-bond acceptors (Lipinski definition) is 5. The summed E-state index contributed by atoms with van der Waals surface area (Å²) in [7, 11) is 1.84. The Hall–Kier alpha value is -4.17. The van der Waals surface area contributed by atoms with Crippen molar-refractivity contribution in [1.29, 1.82) is 0 Å². The lowest BCUT2D eigenvalue weighted by atomic mass is 9.86. The Labute approximate surface area is 264 Å². The van der Waals surface area contributed by atoms with Crippen LogP contribution in [0.25, 0.3) is 11.0 Å². The number of amides is 1. The van der Waals surface area contributed by atoms with Gasteiger partial charge in [0, 0.05) is 24.2 Å². The van der Waals surface area contributed by atoms with Crippen LogP contribution in [-0.2, 0) is 24.5 Å². The molecule has 0 bridgehead atoms. The first-order chi connectivity index (χ1) is 20.8. The molecular formula is C35H41ClN6O2. The summed E-state index contributed by atoms with van der Waals surface area (Å²) in [4.78, 5) is 20.3. The first kappa shape index (κ1) is 31.3. The molecule has 5 aromatic rings. The van der Waals surface area contributed by atoms with E-state index in [4.69, 9.17) is 16.3 Å². The summed E-state index contributed by atoms with van der Waals surface area (Å²) in [6.07, 6.45) is 3.72. The number of aromatic nitrogens is 5. The molecule has 0 aliphatic heterocycles. The fourth-order valence-corrected chi connectivity index (χ4v) is 5.88. The molecule has 1 amide bonds. The van der Waals surface area contributed by atoms with Crippen LogP contribution in [0.15, 0.2) is 61.1 Å². The summed E-state index contributed by atoms with van der Waals surface area (Å²) in [6, 6.07) is 15.6. The van der Waals surface area contributed by atoms with Crippen LogP contribution in [0.5, 0.6) is 5.75 Å². The molecule has 0 aliphatic rings. The van der Waals surface area contributed by atoms with E-state index < -0.39 is 11.5 Å². The van der Waals surface area contributed by atoms with Crippen LogP contribution >= 0.6 is 11.6 Å². The van der Waals surface area contributed by atoms with Gasteiger partial charge in [-0.15, -0.1) is 5.10 Å². The zero-order valence-electron chi connectivity index (χ0n) is 26.8. The Kier molecular flexibility index (Phi) is 8.84. The van der Waals surface area contributed by atoms with Crippen molar-refractivity contribution in [2.45, 2.75) is 74.2 Å². The van der Waals surface area contributed by atoms with Gasteiger partial charge in [0.2, 0.25) is 5.91 Å². The highest BCUT2D eigenvalue weighted by Gasteiger charge is 2.36. The standard InChI is InChI=1S/C35H41ClN6O2/c1-22-15-30-31(16-23(22)2)41(21-37-30)18-28-19-42(39-38-28)33(35(5,6)7)34(43)40(8)17-26-13-24(3)32(25(4)14-26)44-20-27-11-9-10-12-29(27)36/h9-16,19,21,33H,17-18,20H2,1-8H3. The third kappa shape index (κ3) is 6.65. The number of carbonyl (C=O) groups is 1. The smallest absolute Gasteiger partial charge is 0.248 e. The number of ether oxygens (including phenoxy) is 1. The summed E-state index contributed by atoms with van der Waals surface area (Å²) in [5.74, 6) is 0.809. The van der Waals surface area contributed by atoms with Gasteiger partial charge in [0.05, 0.1) is 30.1 Å². The molecule has 9 heteroatoms. The monoisotopic (exact) mass is 612 g/mol. The van der Waals surface area contributed by atoms with Crippen LogP contribution in [-0.4, -0.2) is 42.4 Å². The lowest BCUT2D eigenvalue weighted by molar-refractivity contribution is -0.137. The molecule has 2 aromatic heterocycles. The van der Waals surface area contributed by atoms with Gasteiger partial charge in [-0.25, -0.2) is 9.67 Å². The summed E-state index contributed by atoms with van der Waals surface area (Å²) in [5, 5.41) is 9.57. The molecule has 5 rings (SSSR count). The molecule has 1 unspecified atom stereocenters. The van der Waals surface area contributed by atoms with Gasteiger partial charge < -0.3 is 14.2 Å². The highest BCUT2D eigenvalue weighted by Crippen LogP contribution is 2.33. The molecule has 2 heterocycles. The maximum Gasteiger partial charge on any atom is 0.248 e. The number of benzene rings is 3. The van der Waals surface area contributed by atoms with E-state index in [1.54, 1.807) is 9.58 Å². The van der Waals surface area contributed by atoms with Gasteiger partial charge in [0.1, 0.15) is 24.1 Å². The van der Waals surface area contributed by atoms with E-state index in [1.165, 1.54) is 11.1 Å². The van der Waals surface area contributed by atoms with Gasteiger partial charge in [-0.3, -0.25) is 4.79 Å². The quantitative estimate of drug-likeness (QED) is 0.173. The Morgan fingerprint density at radius 1 is 1.00 bits per heavy atom. The predicted octanol–water partition coefficient (Wildman–Crippen LogP) is 7.39. The van der Waals surface area contributed by atoms with E-state index in [0.29, 0.717) is 24.7 Å². The zero-order chi connectivity index (χ0) is 31.8. The molecule has 0 fully saturated rings. The summed E-state index contributed by atoms with van der Waals surface area (Å²) in [6.45, 7) is 15.8. The minimum absolute atomic E-state index is 0.0255.